The van der Waals surface area contributed by atoms with E-state index in [1.54, 1.807) is 6.07 Å². The van der Waals surface area contributed by atoms with Crippen LogP contribution in [0.3, 0.4) is 0 Å². The third kappa shape index (κ3) is 1.89. The summed E-state index contributed by atoms with van der Waals surface area (Å²) in [4.78, 5) is 0. The van der Waals surface area contributed by atoms with E-state index in [-0.39, 0.29) is 11.5 Å². The van der Waals surface area contributed by atoms with Crippen molar-refractivity contribution in [3.05, 3.63) is 23.8 Å². The summed E-state index contributed by atoms with van der Waals surface area (Å²) in [5, 5.41) is 18.3. The van der Waals surface area contributed by atoms with Gasteiger partial charge in [0.1, 0.15) is 11.5 Å². The number of rotatable bonds is 1. The standard InChI is InChI=1S/C8H8O2S2/c1-12-8(11)6-3-2-5(9)4-7(6)10/h2-4,9-10H,1H3. The van der Waals surface area contributed by atoms with Crippen molar-refractivity contribution in [2.24, 2.45) is 0 Å². The van der Waals surface area contributed by atoms with Gasteiger partial charge in [0.2, 0.25) is 0 Å². The minimum absolute atomic E-state index is 0.0225. The van der Waals surface area contributed by atoms with E-state index in [2.05, 4.69) is 0 Å². The molecule has 0 heterocycles. The molecular weight excluding hydrogens is 192 g/mol. The molecule has 0 aliphatic rings. The molecule has 1 aromatic rings. The molecule has 2 nitrogen and oxygen atoms in total. The maximum Gasteiger partial charge on any atom is 0.128 e. The summed E-state index contributed by atoms with van der Waals surface area (Å²) in [5.74, 6) is 0.0644. The van der Waals surface area contributed by atoms with Crippen LogP contribution in [0, 0.1) is 0 Å². The minimum atomic E-state index is 0.0225. The fourth-order valence-electron chi connectivity index (χ4n) is 0.803. The molecule has 1 rings (SSSR count). The van der Waals surface area contributed by atoms with Gasteiger partial charge in [-0.05, 0) is 18.4 Å². The maximum atomic E-state index is 9.33. The molecule has 12 heavy (non-hydrogen) atoms. The van der Waals surface area contributed by atoms with Gasteiger partial charge >= 0.3 is 0 Å². The van der Waals surface area contributed by atoms with Gasteiger partial charge < -0.3 is 10.2 Å². The first-order chi connectivity index (χ1) is 5.65. The monoisotopic (exact) mass is 200 g/mol. The molecule has 4 heteroatoms. The van der Waals surface area contributed by atoms with Gasteiger partial charge in [-0.3, -0.25) is 0 Å². The zero-order chi connectivity index (χ0) is 9.14. The highest BCUT2D eigenvalue weighted by molar-refractivity contribution is 8.23. The highest BCUT2D eigenvalue weighted by atomic mass is 32.2. The van der Waals surface area contributed by atoms with E-state index < -0.39 is 0 Å². The van der Waals surface area contributed by atoms with Crippen LogP contribution >= 0.6 is 24.0 Å². The Morgan fingerprint density at radius 3 is 2.58 bits per heavy atom. The highest BCUT2D eigenvalue weighted by Gasteiger charge is 2.05. The zero-order valence-electron chi connectivity index (χ0n) is 6.44. The second-order valence-electron chi connectivity index (χ2n) is 2.19. The van der Waals surface area contributed by atoms with E-state index in [1.165, 1.54) is 23.9 Å². The predicted molar refractivity (Wildman–Crippen MR) is 55.0 cm³/mol. The van der Waals surface area contributed by atoms with Crippen LogP contribution in [0.1, 0.15) is 5.56 Å². The Hall–Kier alpha value is -0.740. The second kappa shape index (κ2) is 3.78. The highest BCUT2D eigenvalue weighted by Crippen LogP contribution is 2.25. The van der Waals surface area contributed by atoms with Crippen molar-refractivity contribution in [3.63, 3.8) is 0 Å². The molecule has 0 radical (unpaired) electrons. The summed E-state index contributed by atoms with van der Waals surface area (Å²) in [7, 11) is 0. The molecular formula is C8H8O2S2. The normalized spacial score (nSPS) is 9.75. The SMILES string of the molecule is CSC(=S)c1ccc(O)cc1O. The Kier molecular flexibility index (Phi) is 2.94. The van der Waals surface area contributed by atoms with Gasteiger partial charge in [0.15, 0.2) is 0 Å². The second-order valence-corrected chi connectivity index (χ2v) is 3.68. The molecule has 0 atom stereocenters. The van der Waals surface area contributed by atoms with Crippen molar-refractivity contribution in [2.45, 2.75) is 0 Å². The number of thiocarbonyl (C=S) groups is 1. The Balaban J connectivity index is 3.09. The summed E-state index contributed by atoms with van der Waals surface area (Å²) in [6.07, 6.45) is 1.84. The van der Waals surface area contributed by atoms with Gasteiger partial charge in [-0.2, -0.15) is 0 Å². The molecule has 0 unspecified atom stereocenters. The predicted octanol–water partition coefficient (Wildman–Crippen LogP) is 2.14. The Morgan fingerprint density at radius 1 is 1.42 bits per heavy atom. The summed E-state index contributed by atoms with van der Waals surface area (Å²) in [6, 6.07) is 4.37. The van der Waals surface area contributed by atoms with Gasteiger partial charge in [-0.1, -0.05) is 12.2 Å². The Labute approximate surface area is 80.2 Å². The quantitative estimate of drug-likeness (QED) is 0.681. The maximum absolute atomic E-state index is 9.33. The number of hydrogen-bond acceptors (Lipinski definition) is 4. The zero-order valence-corrected chi connectivity index (χ0v) is 8.08. The smallest absolute Gasteiger partial charge is 0.128 e. The molecule has 0 fully saturated rings. The Bertz CT molecular complexity index is 310. The number of phenols is 2. The topological polar surface area (TPSA) is 40.5 Å². The van der Waals surface area contributed by atoms with Crippen molar-refractivity contribution >= 4 is 28.2 Å². The Morgan fingerprint density at radius 2 is 2.08 bits per heavy atom. The lowest BCUT2D eigenvalue weighted by molar-refractivity contribution is 0.450. The first kappa shape index (κ1) is 9.35. The molecule has 0 bridgehead atoms. The molecule has 0 spiro atoms. The van der Waals surface area contributed by atoms with E-state index in [0.717, 1.165) is 0 Å². The third-order valence-corrected chi connectivity index (χ3v) is 2.70. The average Bonchev–Trinajstić information content (AvgIpc) is 2.03. The molecule has 0 saturated carbocycles. The molecule has 0 aliphatic heterocycles. The van der Waals surface area contributed by atoms with Crippen LogP contribution in [0.25, 0.3) is 0 Å². The van der Waals surface area contributed by atoms with Gasteiger partial charge in [-0.15, -0.1) is 11.8 Å². The first-order valence-electron chi connectivity index (χ1n) is 3.25. The van der Waals surface area contributed by atoms with Crippen LogP contribution in [0.15, 0.2) is 18.2 Å². The lowest BCUT2D eigenvalue weighted by atomic mass is 10.2. The van der Waals surface area contributed by atoms with Gasteiger partial charge in [0.05, 0.1) is 4.20 Å². The molecule has 2 N–H and O–H groups in total. The number of thioether (sulfide) groups is 1. The van der Waals surface area contributed by atoms with E-state index in [9.17, 15) is 5.11 Å². The summed E-state index contributed by atoms with van der Waals surface area (Å²) in [5.41, 5.74) is 0.593. The van der Waals surface area contributed by atoms with Crippen molar-refractivity contribution in [3.8, 4) is 11.5 Å². The molecule has 0 amide bonds. The minimum Gasteiger partial charge on any atom is -0.508 e. The molecule has 64 valence electrons. The fourth-order valence-corrected chi connectivity index (χ4v) is 1.37. The molecule has 0 aliphatic carbocycles. The van der Waals surface area contributed by atoms with Crippen molar-refractivity contribution in [2.75, 3.05) is 6.26 Å². The lowest BCUT2D eigenvalue weighted by Gasteiger charge is -2.03. The molecule has 0 aromatic heterocycles. The van der Waals surface area contributed by atoms with Gasteiger partial charge in [0, 0.05) is 11.6 Å². The number of phenolic OH excluding ortho intramolecular Hbond substituents is 2. The van der Waals surface area contributed by atoms with Crippen LogP contribution in [-0.2, 0) is 0 Å². The molecule has 0 saturated heterocycles. The fraction of sp³-hybridized carbons (Fsp3) is 0.125. The van der Waals surface area contributed by atoms with Crippen LogP contribution in [0.5, 0.6) is 11.5 Å². The van der Waals surface area contributed by atoms with E-state index in [0.29, 0.717) is 9.76 Å². The van der Waals surface area contributed by atoms with Crippen molar-refractivity contribution < 1.29 is 10.2 Å². The number of aromatic hydroxyl groups is 2. The average molecular weight is 200 g/mol. The van der Waals surface area contributed by atoms with E-state index >= 15 is 0 Å². The summed E-state index contributed by atoms with van der Waals surface area (Å²) >= 11 is 6.36. The lowest BCUT2D eigenvalue weighted by Crippen LogP contribution is -1.90. The number of hydrogen-bond donors (Lipinski definition) is 2. The van der Waals surface area contributed by atoms with E-state index in [1.807, 2.05) is 6.26 Å². The van der Waals surface area contributed by atoms with Gasteiger partial charge in [0.25, 0.3) is 0 Å². The van der Waals surface area contributed by atoms with Crippen LogP contribution in [0.2, 0.25) is 0 Å². The number of benzene rings is 1. The molecule has 1 aromatic carbocycles. The van der Waals surface area contributed by atoms with Crippen LogP contribution in [0.4, 0.5) is 0 Å². The summed E-state index contributed by atoms with van der Waals surface area (Å²) < 4.78 is 0.618. The summed E-state index contributed by atoms with van der Waals surface area (Å²) in [6.45, 7) is 0. The largest absolute Gasteiger partial charge is 0.508 e. The van der Waals surface area contributed by atoms with Crippen molar-refractivity contribution in [1.82, 2.24) is 0 Å². The van der Waals surface area contributed by atoms with Gasteiger partial charge in [-0.25, -0.2) is 0 Å². The third-order valence-electron chi connectivity index (χ3n) is 1.39. The van der Waals surface area contributed by atoms with E-state index in [4.69, 9.17) is 17.3 Å². The van der Waals surface area contributed by atoms with Crippen molar-refractivity contribution in [1.29, 1.82) is 0 Å². The first-order valence-corrected chi connectivity index (χ1v) is 4.88. The van der Waals surface area contributed by atoms with Crippen LogP contribution < -0.4 is 0 Å². The van der Waals surface area contributed by atoms with Crippen LogP contribution in [-0.4, -0.2) is 20.7 Å².